The molecule has 1 aromatic heterocycles. The average molecular weight is 345 g/mol. The Labute approximate surface area is 148 Å². The number of carbonyl (C=O) groups excluding carboxylic acids is 3. The summed E-state index contributed by atoms with van der Waals surface area (Å²) in [6.07, 6.45) is 4.86. The molecule has 1 N–H and O–H groups in total. The van der Waals surface area contributed by atoms with Crippen molar-refractivity contribution >= 4 is 17.5 Å². The van der Waals surface area contributed by atoms with Crippen LogP contribution in [0.3, 0.4) is 0 Å². The standard InChI is InChI=1S/C19H27N3O3/c1-18(2,3)15(16(24)19(4,5)6)22-17(25)12-9-11(12)14(23)13-10-20-7-8-21-13/h7-8,10-12,15H,9H2,1-6H3,(H,22,25)/t11-,12?,15+/m0/s1. The minimum atomic E-state index is -0.590. The molecule has 3 atom stereocenters. The monoisotopic (exact) mass is 345 g/mol. The van der Waals surface area contributed by atoms with E-state index in [0.29, 0.717) is 6.42 Å². The Morgan fingerprint density at radius 2 is 1.72 bits per heavy atom. The lowest BCUT2D eigenvalue weighted by Crippen LogP contribution is -2.53. The van der Waals surface area contributed by atoms with Crippen molar-refractivity contribution < 1.29 is 14.4 Å². The lowest BCUT2D eigenvalue weighted by atomic mass is 9.75. The van der Waals surface area contributed by atoms with Crippen LogP contribution in [-0.2, 0) is 9.59 Å². The third kappa shape index (κ3) is 4.50. The van der Waals surface area contributed by atoms with Gasteiger partial charge in [-0.15, -0.1) is 0 Å². The van der Waals surface area contributed by atoms with Crippen LogP contribution in [-0.4, -0.2) is 33.5 Å². The molecule has 6 nitrogen and oxygen atoms in total. The van der Waals surface area contributed by atoms with Gasteiger partial charge in [-0.05, 0) is 11.8 Å². The third-order valence-electron chi connectivity index (χ3n) is 4.43. The molecule has 6 heteroatoms. The number of Topliss-reactive ketones (excluding diaryl/α,β-unsaturated/α-hetero) is 2. The maximum atomic E-state index is 12.7. The smallest absolute Gasteiger partial charge is 0.224 e. The number of aromatic nitrogens is 2. The molecule has 1 fully saturated rings. The second kappa shape index (κ2) is 6.65. The van der Waals surface area contributed by atoms with Gasteiger partial charge in [-0.1, -0.05) is 41.5 Å². The van der Waals surface area contributed by atoms with Gasteiger partial charge in [0.05, 0.1) is 12.2 Å². The van der Waals surface area contributed by atoms with Gasteiger partial charge in [0, 0.05) is 29.6 Å². The fourth-order valence-corrected chi connectivity index (χ4v) is 2.75. The van der Waals surface area contributed by atoms with E-state index in [1.54, 1.807) is 0 Å². The maximum Gasteiger partial charge on any atom is 0.224 e. The van der Waals surface area contributed by atoms with Gasteiger partial charge in [0.2, 0.25) is 5.91 Å². The molecule has 0 bridgehead atoms. The number of ketones is 2. The minimum Gasteiger partial charge on any atom is -0.345 e. The molecule has 1 aliphatic rings. The van der Waals surface area contributed by atoms with Crippen molar-refractivity contribution in [2.75, 3.05) is 0 Å². The Bertz CT molecular complexity index is 671. The van der Waals surface area contributed by atoms with Crippen LogP contribution < -0.4 is 5.32 Å². The summed E-state index contributed by atoms with van der Waals surface area (Å²) in [6, 6.07) is -0.590. The molecule has 2 rings (SSSR count). The fraction of sp³-hybridized carbons (Fsp3) is 0.632. The molecule has 0 aromatic carbocycles. The molecule has 1 amide bonds. The highest BCUT2D eigenvalue weighted by atomic mass is 16.2. The summed E-state index contributed by atoms with van der Waals surface area (Å²) in [7, 11) is 0. The quantitative estimate of drug-likeness (QED) is 0.828. The summed E-state index contributed by atoms with van der Waals surface area (Å²) >= 11 is 0. The summed E-state index contributed by atoms with van der Waals surface area (Å²) in [5.74, 6) is -1.18. The van der Waals surface area contributed by atoms with Gasteiger partial charge in [-0.25, -0.2) is 4.98 Å². The number of nitrogens with zero attached hydrogens (tertiary/aromatic N) is 2. The van der Waals surface area contributed by atoms with E-state index in [9.17, 15) is 14.4 Å². The van der Waals surface area contributed by atoms with Gasteiger partial charge >= 0.3 is 0 Å². The van der Waals surface area contributed by atoms with E-state index in [-0.39, 0.29) is 29.1 Å². The van der Waals surface area contributed by atoms with Gasteiger partial charge in [0.15, 0.2) is 11.6 Å². The van der Waals surface area contributed by atoms with Crippen molar-refractivity contribution in [3.05, 3.63) is 24.3 Å². The molecular formula is C19H27N3O3. The van der Waals surface area contributed by atoms with Gasteiger partial charge in [-0.3, -0.25) is 19.4 Å². The summed E-state index contributed by atoms with van der Waals surface area (Å²) < 4.78 is 0. The summed E-state index contributed by atoms with van der Waals surface area (Å²) in [4.78, 5) is 45.5. The Morgan fingerprint density at radius 1 is 1.08 bits per heavy atom. The molecule has 1 aromatic rings. The Morgan fingerprint density at radius 3 is 2.20 bits per heavy atom. The van der Waals surface area contributed by atoms with E-state index in [2.05, 4.69) is 15.3 Å². The van der Waals surface area contributed by atoms with Crippen molar-refractivity contribution in [1.29, 1.82) is 0 Å². The van der Waals surface area contributed by atoms with Crippen molar-refractivity contribution in [1.82, 2.24) is 15.3 Å². The number of hydrogen-bond donors (Lipinski definition) is 1. The van der Waals surface area contributed by atoms with Gasteiger partial charge in [0.25, 0.3) is 0 Å². The molecule has 0 spiro atoms. The molecular weight excluding hydrogens is 318 g/mol. The molecule has 0 aliphatic heterocycles. The van der Waals surface area contributed by atoms with Crippen LogP contribution in [0.25, 0.3) is 0 Å². The Hall–Kier alpha value is -2.11. The fourth-order valence-electron chi connectivity index (χ4n) is 2.75. The van der Waals surface area contributed by atoms with Crippen LogP contribution in [0.1, 0.15) is 58.5 Å². The van der Waals surface area contributed by atoms with Crippen LogP contribution in [0.15, 0.2) is 18.6 Å². The Kier molecular flexibility index (Phi) is 5.11. The van der Waals surface area contributed by atoms with Crippen LogP contribution in [0.4, 0.5) is 0 Å². The van der Waals surface area contributed by atoms with E-state index in [1.165, 1.54) is 18.6 Å². The van der Waals surface area contributed by atoms with Crippen LogP contribution in [0.2, 0.25) is 0 Å². The highest BCUT2D eigenvalue weighted by Gasteiger charge is 2.50. The maximum absolute atomic E-state index is 12.7. The van der Waals surface area contributed by atoms with Crippen LogP contribution in [0.5, 0.6) is 0 Å². The molecule has 0 saturated heterocycles. The van der Waals surface area contributed by atoms with Gasteiger partial charge < -0.3 is 5.32 Å². The number of amides is 1. The van der Waals surface area contributed by atoms with E-state index in [4.69, 9.17) is 0 Å². The zero-order valence-electron chi connectivity index (χ0n) is 15.8. The first-order valence-electron chi connectivity index (χ1n) is 8.58. The van der Waals surface area contributed by atoms with E-state index in [1.807, 2.05) is 41.5 Å². The first-order valence-corrected chi connectivity index (χ1v) is 8.58. The topological polar surface area (TPSA) is 89.0 Å². The molecule has 1 aliphatic carbocycles. The zero-order chi connectivity index (χ0) is 19.0. The Balaban J connectivity index is 2.06. The normalized spacial score (nSPS) is 21.4. The molecule has 1 saturated carbocycles. The SMILES string of the molecule is CC(C)(C)C(=O)[C@@H](NC(=O)C1C[C@@H]1C(=O)c1cnccn1)C(C)(C)C. The average Bonchev–Trinajstić information content (AvgIpc) is 3.30. The van der Waals surface area contributed by atoms with E-state index >= 15 is 0 Å². The van der Waals surface area contributed by atoms with Crippen molar-refractivity contribution in [2.45, 2.75) is 54.0 Å². The molecule has 136 valence electrons. The molecule has 1 heterocycles. The first-order chi connectivity index (χ1) is 11.4. The van der Waals surface area contributed by atoms with Crippen LogP contribution >= 0.6 is 0 Å². The summed E-state index contributed by atoms with van der Waals surface area (Å²) in [5.41, 5.74) is -0.677. The van der Waals surface area contributed by atoms with Gasteiger partial charge in [0.1, 0.15) is 5.69 Å². The van der Waals surface area contributed by atoms with Crippen molar-refractivity contribution in [2.24, 2.45) is 22.7 Å². The van der Waals surface area contributed by atoms with Gasteiger partial charge in [-0.2, -0.15) is 0 Å². The second-order valence-electron chi connectivity index (χ2n) is 8.83. The van der Waals surface area contributed by atoms with E-state index in [0.717, 1.165) is 0 Å². The highest BCUT2D eigenvalue weighted by Crippen LogP contribution is 2.41. The molecule has 25 heavy (non-hydrogen) atoms. The zero-order valence-corrected chi connectivity index (χ0v) is 15.8. The largest absolute Gasteiger partial charge is 0.345 e. The number of rotatable bonds is 5. The predicted molar refractivity (Wildman–Crippen MR) is 93.8 cm³/mol. The summed E-state index contributed by atoms with van der Waals surface area (Å²) in [6.45, 7) is 11.3. The number of carbonyl (C=O) groups is 3. The van der Waals surface area contributed by atoms with Crippen molar-refractivity contribution in [3.8, 4) is 0 Å². The van der Waals surface area contributed by atoms with E-state index < -0.39 is 22.8 Å². The predicted octanol–water partition coefficient (Wildman–Crippen LogP) is 2.44. The van der Waals surface area contributed by atoms with Crippen LogP contribution in [0, 0.1) is 22.7 Å². The number of nitrogens with one attached hydrogen (secondary N) is 1. The van der Waals surface area contributed by atoms with Crippen molar-refractivity contribution in [3.63, 3.8) is 0 Å². The summed E-state index contributed by atoms with van der Waals surface area (Å²) in [5, 5.41) is 2.88. The number of hydrogen-bond acceptors (Lipinski definition) is 5. The second-order valence-corrected chi connectivity index (χ2v) is 8.83. The highest BCUT2D eigenvalue weighted by molar-refractivity contribution is 6.03. The minimum absolute atomic E-state index is 0.00852. The third-order valence-corrected chi connectivity index (χ3v) is 4.43. The first kappa shape index (κ1) is 19.2. The lowest BCUT2D eigenvalue weighted by Gasteiger charge is -2.34. The lowest BCUT2D eigenvalue weighted by molar-refractivity contribution is -0.135. The molecule has 1 unspecified atom stereocenters. The molecule has 0 radical (unpaired) electrons.